The minimum atomic E-state index is -1.79. The second kappa shape index (κ2) is 11.2. The molecule has 0 atom stereocenters. The molecule has 0 aliphatic carbocycles. The number of hydrogen-bond donors (Lipinski definition) is 0. The smallest absolute Gasteiger partial charge is 0.272 e. The van der Waals surface area contributed by atoms with Crippen molar-refractivity contribution in [3.8, 4) is 12.0 Å². The monoisotopic (exact) mass is 310 g/mol. The van der Waals surface area contributed by atoms with Crippen LogP contribution < -0.4 is 0 Å². The zero-order valence-electron chi connectivity index (χ0n) is 15.6. The van der Waals surface area contributed by atoms with Crippen LogP contribution in [0.1, 0.15) is 93.4 Å². The van der Waals surface area contributed by atoms with Crippen molar-refractivity contribution >= 4 is 8.32 Å². The Hall–Kier alpha value is -0.423. The molecule has 0 bridgehead atoms. The van der Waals surface area contributed by atoms with Crippen molar-refractivity contribution < 1.29 is 4.43 Å². The molecule has 0 saturated heterocycles. The van der Waals surface area contributed by atoms with Crippen LogP contribution in [0.2, 0.25) is 16.6 Å². The Balaban J connectivity index is 4.24. The van der Waals surface area contributed by atoms with Crippen molar-refractivity contribution in [2.24, 2.45) is 0 Å². The lowest BCUT2D eigenvalue weighted by Gasteiger charge is -2.39. The fourth-order valence-electron chi connectivity index (χ4n) is 3.52. The lowest BCUT2D eigenvalue weighted by molar-refractivity contribution is 0.446. The first-order chi connectivity index (χ1) is 9.89. The van der Waals surface area contributed by atoms with Crippen LogP contribution in [0.25, 0.3) is 0 Å². The van der Waals surface area contributed by atoms with Crippen molar-refractivity contribution in [1.82, 2.24) is 0 Å². The van der Waals surface area contributed by atoms with E-state index in [0.717, 1.165) is 6.42 Å². The summed E-state index contributed by atoms with van der Waals surface area (Å²) in [6.45, 7) is 16.1. The van der Waals surface area contributed by atoms with Crippen molar-refractivity contribution in [2.75, 3.05) is 0 Å². The predicted molar refractivity (Wildman–Crippen MR) is 97.9 cm³/mol. The molecule has 0 N–H and O–H groups in total. The van der Waals surface area contributed by atoms with Gasteiger partial charge in [-0.1, -0.05) is 86.5 Å². The molecular formula is C19H38OSi. The van der Waals surface area contributed by atoms with E-state index in [4.69, 9.17) is 4.43 Å². The van der Waals surface area contributed by atoms with Crippen molar-refractivity contribution in [3.05, 3.63) is 0 Å². The van der Waals surface area contributed by atoms with Crippen molar-refractivity contribution in [3.63, 3.8) is 0 Å². The van der Waals surface area contributed by atoms with Crippen LogP contribution in [0, 0.1) is 12.0 Å². The molecule has 2 heteroatoms. The summed E-state index contributed by atoms with van der Waals surface area (Å²) in [6, 6.07) is 0. The van der Waals surface area contributed by atoms with E-state index >= 15 is 0 Å². The van der Waals surface area contributed by atoms with E-state index in [1.54, 1.807) is 0 Å². The quantitative estimate of drug-likeness (QED) is 0.242. The zero-order chi connectivity index (χ0) is 16.3. The molecule has 1 nitrogen and oxygen atoms in total. The first-order valence-electron chi connectivity index (χ1n) is 9.05. The van der Waals surface area contributed by atoms with E-state index in [2.05, 4.69) is 60.5 Å². The zero-order valence-corrected chi connectivity index (χ0v) is 16.6. The van der Waals surface area contributed by atoms with E-state index in [1.165, 1.54) is 38.5 Å². The summed E-state index contributed by atoms with van der Waals surface area (Å²) < 4.78 is 6.24. The highest BCUT2D eigenvalue weighted by atomic mass is 28.4. The van der Waals surface area contributed by atoms with Gasteiger partial charge < -0.3 is 4.43 Å². The SMILES string of the molecule is CCCCCCCCC#CO[Si](C(C)C)(C(C)C)C(C)C. The van der Waals surface area contributed by atoms with Crippen LogP contribution in [-0.2, 0) is 4.43 Å². The molecule has 124 valence electrons. The average molecular weight is 311 g/mol. The van der Waals surface area contributed by atoms with Crippen LogP contribution >= 0.6 is 0 Å². The van der Waals surface area contributed by atoms with Gasteiger partial charge in [0.15, 0.2) is 0 Å². The van der Waals surface area contributed by atoms with Crippen LogP contribution in [0.15, 0.2) is 0 Å². The molecule has 0 unspecified atom stereocenters. The standard InChI is InChI=1S/C19H38OSi/c1-8-9-10-11-12-13-14-15-16-20-21(17(2)3,18(4)5)19(6)7/h17-19H,8-14H2,1-7H3. The lowest BCUT2D eigenvalue weighted by Crippen LogP contribution is -2.46. The summed E-state index contributed by atoms with van der Waals surface area (Å²) >= 11 is 0. The summed E-state index contributed by atoms with van der Waals surface area (Å²) in [5.74, 6) is 3.26. The van der Waals surface area contributed by atoms with Gasteiger partial charge in [-0.15, -0.1) is 0 Å². The minimum absolute atomic E-state index is 0.612. The van der Waals surface area contributed by atoms with Crippen LogP contribution in [0.4, 0.5) is 0 Å². The first kappa shape index (κ1) is 20.6. The Bertz CT molecular complexity index is 287. The van der Waals surface area contributed by atoms with E-state index in [-0.39, 0.29) is 0 Å². The molecule has 21 heavy (non-hydrogen) atoms. The Morgan fingerprint density at radius 2 is 1.24 bits per heavy atom. The molecule has 0 aliphatic heterocycles. The van der Waals surface area contributed by atoms with Crippen LogP contribution in [0.3, 0.4) is 0 Å². The third-order valence-electron chi connectivity index (χ3n) is 4.66. The maximum absolute atomic E-state index is 6.24. The van der Waals surface area contributed by atoms with Gasteiger partial charge in [0.25, 0.3) is 8.32 Å². The Morgan fingerprint density at radius 3 is 1.71 bits per heavy atom. The summed E-state index contributed by atoms with van der Waals surface area (Å²) in [5, 5.41) is 0. The van der Waals surface area contributed by atoms with Gasteiger partial charge in [0.1, 0.15) is 0 Å². The fraction of sp³-hybridized carbons (Fsp3) is 0.895. The molecule has 0 aromatic heterocycles. The molecule has 0 heterocycles. The number of unbranched alkanes of at least 4 members (excludes halogenated alkanes) is 6. The molecule has 0 saturated carbocycles. The Labute approximate surface area is 135 Å². The van der Waals surface area contributed by atoms with Crippen LogP contribution in [-0.4, -0.2) is 8.32 Å². The van der Waals surface area contributed by atoms with Gasteiger partial charge in [-0.2, -0.15) is 0 Å². The summed E-state index contributed by atoms with van der Waals surface area (Å²) in [5.41, 5.74) is 1.84. The van der Waals surface area contributed by atoms with Gasteiger partial charge in [0.2, 0.25) is 0 Å². The highest BCUT2D eigenvalue weighted by Crippen LogP contribution is 2.41. The first-order valence-corrected chi connectivity index (χ1v) is 11.2. The highest BCUT2D eigenvalue weighted by molar-refractivity contribution is 6.77. The number of hydrogen-bond acceptors (Lipinski definition) is 1. The topological polar surface area (TPSA) is 9.23 Å². The number of rotatable bonds is 10. The van der Waals surface area contributed by atoms with Gasteiger partial charge in [0, 0.05) is 6.42 Å². The maximum Gasteiger partial charge on any atom is 0.272 e. The third-order valence-corrected chi connectivity index (χ3v) is 10.5. The van der Waals surface area contributed by atoms with Crippen LogP contribution in [0.5, 0.6) is 0 Å². The second-order valence-corrected chi connectivity index (χ2v) is 12.6. The van der Waals surface area contributed by atoms with Crippen molar-refractivity contribution in [1.29, 1.82) is 0 Å². The molecule has 0 spiro atoms. The average Bonchev–Trinajstić information content (AvgIpc) is 2.39. The highest BCUT2D eigenvalue weighted by Gasteiger charge is 2.46. The normalized spacial score (nSPS) is 11.9. The Morgan fingerprint density at radius 1 is 0.762 bits per heavy atom. The third kappa shape index (κ3) is 6.91. The van der Waals surface area contributed by atoms with E-state index in [0.29, 0.717) is 16.6 Å². The molecule has 0 aromatic rings. The summed E-state index contributed by atoms with van der Waals surface area (Å²) in [4.78, 5) is 0. The van der Waals surface area contributed by atoms with E-state index in [1.807, 2.05) is 0 Å². The molecule has 0 radical (unpaired) electrons. The second-order valence-electron chi connectivity index (χ2n) is 7.22. The van der Waals surface area contributed by atoms with E-state index in [9.17, 15) is 0 Å². The van der Waals surface area contributed by atoms with Gasteiger partial charge in [-0.25, -0.2) is 0 Å². The lowest BCUT2D eigenvalue weighted by atomic mass is 10.1. The van der Waals surface area contributed by atoms with Gasteiger partial charge in [0.05, 0.1) is 6.11 Å². The van der Waals surface area contributed by atoms with Gasteiger partial charge >= 0.3 is 0 Å². The fourth-order valence-corrected chi connectivity index (χ4v) is 8.48. The summed E-state index contributed by atoms with van der Waals surface area (Å²) in [7, 11) is -1.79. The van der Waals surface area contributed by atoms with E-state index < -0.39 is 8.32 Å². The minimum Gasteiger partial charge on any atom is -0.500 e. The van der Waals surface area contributed by atoms with Gasteiger partial charge in [-0.05, 0) is 23.0 Å². The molecule has 0 rings (SSSR count). The largest absolute Gasteiger partial charge is 0.500 e. The van der Waals surface area contributed by atoms with Crippen molar-refractivity contribution in [2.45, 2.75) is 110 Å². The molecule has 0 aliphatic rings. The summed E-state index contributed by atoms with van der Waals surface area (Å²) in [6.07, 6.45) is 12.0. The Kier molecular flexibility index (Phi) is 11.0. The molecular weight excluding hydrogens is 272 g/mol. The molecule has 0 aromatic carbocycles. The molecule has 0 amide bonds. The van der Waals surface area contributed by atoms with Gasteiger partial charge in [-0.3, -0.25) is 0 Å². The predicted octanol–water partition coefficient (Wildman–Crippen LogP) is 6.89. The maximum atomic E-state index is 6.24. The molecule has 0 fully saturated rings.